The van der Waals surface area contributed by atoms with Crippen molar-refractivity contribution in [2.24, 2.45) is 11.8 Å². The lowest BCUT2D eigenvalue weighted by Crippen LogP contribution is -2.53. The molecule has 1 fully saturated rings. The third-order valence-electron chi connectivity index (χ3n) is 3.77. The lowest BCUT2D eigenvalue weighted by atomic mass is 9.99. The lowest BCUT2D eigenvalue weighted by molar-refractivity contribution is 0.150. The van der Waals surface area contributed by atoms with Crippen LogP contribution < -0.4 is 5.32 Å². The van der Waals surface area contributed by atoms with Crippen molar-refractivity contribution in [2.75, 3.05) is 26.2 Å². The van der Waals surface area contributed by atoms with Crippen molar-refractivity contribution in [3.8, 4) is 0 Å². The van der Waals surface area contributed by atoms with E-state index >= 15 is 0 Å². The highest BCUT2D eigenvalue weighted by Crippen LogP contribution is 2.13. The molecule has 15 heavy (non-hydrogen) atoms. The van der Waals surface area contributed by atoms with E-state index in [1.54, 1.807) is 0 Å². The molecule has 0 aromatic heterocycles. The minimum Gasteiger partial charge on any atom is -0.311 e. The Balaban J connectivity index is 2.35. The molecule has 0 amide bonds. The Hall–Kier alpha value is -0.0800. The van der Waals surface area contributed by atoms with Gasteiger partial charge in [0.2, 0.25) is 0 Å². The van der Waals surface area contributed by atoms with Gasteiger partial charge in [0, 0.05) is 32.2 Å². The molecule has 0 aromatic rings. The Morgan fingerprint density at radius 2 is 1.93 bits per heavy atom. The SMILES string of the molecule is CCC(CC)CN1CCNC(C(C)C)C1. The van der Waals surface area contributed by atoms with Gasteiger partial charge in [-0.15, -0.1) is 0 Å². The van der Waals surface area contributed by atoms with Crippen molar-refractivity contribution in [1.82, 2.24) is 10.2 Å². The molecule has 1 unspecified atom stereocenters. The highest BCUT2D eigenvalue weighted by Gasteiger charge is 2.22. The molecule has 1 heterocycles. The van der Waals surface area contributed by atoms with Gasteiger partial charge in [0.15, 0.2) is 0 Å². The van der Waals surface area contributed by atoms with Crippen LogP contribution in [0.1, 0.15) is 40.5 Å². The quantitative estimate of drug-likeness (QED) is 0.752. The number of piperazine rings is 1. The molecular weight excluding hydrogens is 184 g/mol. The lowest BCUT2D eigenvalue weighted by Gasteiger charge is -2.37. The summed E-state index contributed by atoms with van der Waals surface area (Å²) >= 11 is 0. The number of nitrogens with zero attached hydrogens (tertiary/aromatic N) is 1. The molecule has 90 valence electrons. The summed E-state index contributed by atoms with van der Waals surface area (Å²) < 4.78 is 0. The van der Waals surface area contributed by atoms with Gasteiger partial charge in [0.05, 0.1) is 0 Å². The Kier molecular flexibility index (Phi) is 5.62. The molecular formula is C13H28N2. The molecule has 1 atom stereocenters. The molecule has 2 nitrogen and oxygen atoms in total. The fraction of sp³-hybridized carbons (Fsp3) is 1.00. The van der Waals surface area contributed by atoms with Gasteiger partial charge >= 0.3 is 0 Å². The van der Waals surface area contributed by atoms with Crippen LogP contribution >= 0.6 is 0 Å². The van der Waals surface area contributed by atoms with Crippen LogP contribution in [-0.4, -0.2) is 37.1 Å². The minimum atomic E-state index is 0.702. The maximum atomic E-state index is 3.62. The summed E-state index contributed by atoms with van der Waals surface area (Å²) in [6, 6.07) is 0.702. The Morgan fingerprint density at radius 3 is 2.47 bits per heavy atom. The minimum absolute atomic E-state index is 0.702. The molecule has 1 aliphatic heterocycles. The summed E-state index contributed by atoms with van der Waals surface area (Å²) in [5.74, 6) is 1.66. The van der Waals surface area contributed by atoms with Gasteiger partial charge < -0.3 is 10.2 Å². The monoisotopic (exact) mass is 212 g/mol. The zero-order valence-electron chi connectivity index (χ0n) is 10.9. The van der Waals surface area contributed by atoms with Crippen LogP contribution in [0.15, 0.2) is 0 Å². The molecule has 1 rings (SSSR count). The molecule has 1 N–H and O–H groups in total. The van der Waals surface area contributed by atoms with Crippen LogP contribution in [0.5, 0.6) is 0 Å². The third kappa shape index (κ3) is 4.12. The Labute approximate surface area is 95.4 Å². The van der Waals surface area contributed by atoms with E-state index in [1.807, 2.05) is 0 Å². The van der Waals surface area contributed by atoms with Crippen LogP contribution in [0.4, 0.5) is 0 Å². The number of nitrogens with one attached hydrogen (secondary N) is 1. The van der Waals surface area contributed by atoms with E-state index < -0.39 is 0 Å². The average Bonchev–Trinajstić information content (AvgIpc) is 2.26. The second kappa shape index (κ2) is 6.49. The van der Waals surface area contributed by atoms with Crippen molar-refractivity contribution >= 4 is 0 Å². The van der Waals surface area contributed by atoms with Gasteiger partial charge in [-0.2, -0.15) is 0 Å². The van der Waals surface area contributed by atoms with Crippen molar-refractivity contribution in [2.45, 2.75) is 46.6 Å². The molecule has 0 spiro atoms. The van der Waals surface area contributed by atoms with Crippen molar-refractivity contribution in [3.63, 3.8) is 0 Å². The van der Waals surface area contributed by atoms with Crippen molar-refractivity contribution < 1.29 is 0 Å². The van der Waals surface area contributed by atoms with E-state index in [-0.39, 0.29) is 0 Å². The molecule has 1 saturated heterocycles. The zero-order chi connectivity index (χ0) is 11.3. The fourth-order valence-electron chi connectivity index (χ4n) is 2.37. The largest absolute Gasteiger partial charge is 0.311 e. The summed E-state index contributed by atoms with van der Waals surface area (Å²) in [6.45, 7) is 14.2. The smallest absolute Gasteiger partial charge is 0.0218 e. The van der Waals surface area contributed by atoms with Gasteiger partial charge in [0.25, 0.3) is 0 Å². The first-order valence-corrected chi connectivity index (χ1v) is 6.63. The topological polar surface area (TPSA) is 15.3 Å². The fourth-order valence-corrected chi connectivity index (χ4v) is 2.37. The van der Waals surface area contributed by atoms with Crippen LogP contribution in [0.25, 0.3) is 0 Å². The van der Waals surface area contributed by atoms with E-state index in [1.165, 1.54) is 39.0 Å². The standard InChI is InChI=1S/C13H28N2/c1-5-12(6-2)9-15-8-7-14-13(10-15)11(3)4/h11-14H,5-10H2,1-4H3. The van der Waals surface area contributed by atoms with Crippen LogP contribution in [0, 0.1) is 11.8 Å². The molecule has 0 saturated carbocycles. The maximum absolute atomic E-state index is 3.62. The number of hydrogen-bond donors (Lipinski definition) is 1. The first-order valence-electron chi connectivity index (χ1n) is 6.63. The van der Waals surface area contributed by atoms with E-state index in [0.717, 1.165) is 11.8 Å². The second-order valence-electron chi connectivity index (χ2n) is 5.25. The summed E-state index contributed by atoms with van der Waals surface area (Å²) in [4.78, 5) is 2.65. The van der Waals surface area contributed by atoms with E-state index in [0.29, 0.717) is 6.04 Å². The summed E-state index contributed by atoms with van der Waals surface area (Å²) in [5.41, 5.74) is 0. The van der Waals surface area contributed by atoms with Gasteiger partial charge in [-0.3, -0.25) is 0 Å². The van der Waals surface area contributed by atoms with Gasteiger partial charge in [0.1, 0.15) is 0 Å². The van der Waals surface area contributed by atoms with Crippen molar-refractivity contribution in [1.29, 1.82) is 0 Å². The highest BCUT2D eigenvalue weighted by molar-refractivity contribution is 4.81. The maximum Gasteiger partial charge on any atom is 0.0218 e. The van der Waals surface area contributed by atoms with Crippen LogP contribution in [0.2, 0.25) is 0 Å². The molecule has 0 aromatic carbocycles. The summed E-state index contributed by atoms with van der Waals surface area (Å²) in [6.07, 6.45) is 2.65. The second-order valence-corrected chi connectivity index (χ2v) is 5.25. The molecule has 0 bridgehead atoms. The van der Waals surface area contributed by atoms with Gasteiger partial charge in [-0.1, -0.05) is 40.5 Å². The van der Waals surface area contributed by atoms with E-state index in [2.05, 4.69) is 37.9 Å². The Morgan fingerprint density at radius 1 is 1.27 bits per heavy atom. The summed E-state index contributed by atoms with van der Waals surface area (Å²) in [5, 5.41) is 3.62. The van der Waals surface area contributed by atoms with Gasteiger partial charge in [-0.25, -0.2) is 0 Å². The molecule has 0 radical (unpaired) electrons. The molecule has 1 aliphatic rings. The van der Waals surface area contributed by atoms with Crippen molar-refractivity contribution in [3.05, 3.63) is 0 Å². The Bertz CT molecular complexity index is 162. The van der Waals surface area contributed by atoms with Crippen LogP contribution in [0.3, 0.4) is 0 Å². The first-order chi connectivity index (χ1) is 7.17. The van der Waals surface area contributed by atoms with Gasteiger partial charge in [-0.05, 0) is 11.8 Å². The summed E-state index contributed by atoms with van der Waals surface area (Å²) in [7, 11) is 0. The number of rotatable bonds is 5. The first kappa shape index (κ1) is 13.0. The third-order valence-corrected chi connectivity index (χ3v) is 3.77. The predicted octanol–water partition coefficient (Wildman–Crippen LogP) is 2.35. The van der Waals surface area contributed by atoms with E-state index in [9.17, 15) is 0 Å². The average molecular weight is 212 g/mol. The number of hydrogen-bond acceptors (Lipinski definition) is 2. The molecule has 0 aliphatic carbocycles. The van der Waals surface area contributed by atoms with E-state index in [4.69, 9.17) is 0 Å². The highest BCUT2D eigenvalue weighted by atomic mass is 15.2. The van der Waals surface area contributed by atoms with Crippen LogP contribution in [-0.2, 0) is 0 Å². The molecule has 2 heteroatoms. The zero-order valence-corrected chi connectivity index (χ0v) is 10.9. The predicted molar refractivity (Wildman–Crippen MR) is 67.1 cm³/mol. The normalized spacial score (nSPS) is 24.0.